The molecule has 3 rings (SSSR count). The molecule has 1 aromatic rings. The van der Waals surface area contributed by atoms with E-state index in [-0.39, 0.29) is 17.9 Å². The van der Waals surface area contributed by atoms with Crippen LogP contribution in [-0.4, -0.2) is 68.6 Å². The molecule has 2 fully saturated rings. The number of likely N-dealkylation sites (tertiary alicyclic amines) is 1. The van der Waals surface area contributed by atoms with E-state index in [9.17, 15) is 18.0 Å². The second-order valence-corrected chi connectivity index (χ2v) is 9.78. The molecule has 1 N–H and O–H groups in total. The number of nitrogens with zero attached hydrogens (tertiary/aromatic N) is 2. The molecule has 0 aliphatic carbocycles. The van der Waals surface area contributed by atoms with Gasteiger partial charge in [0.05, 0.1) is 6.26 Å². The van der Waals surface area contributed by atoms with Gasteiger partial charge in [0.2, 0.25) is 15.9 Å². The molecule has 1 aromatic carbocycles. The van der Waals surface area contributed by atoms with Crippen LogP contribution in [0.15, 0.2) is 30.3 Å². The van der Waals surface area contributed by atoms with Gasteiger partial charge in [-0.15, -0.1) is 0 Å². The number of rotatable bonds is 5. The average Bonchev–Trinajstić information content (AvgIpc) is 2.72. The molecule has 8 nitrogen and oxygen atoms in total. The molecule has 0 radical (unpaired) electrons. The van der Waals surface area contributed by atoms with Crippen molar-refractivity contribution in [2.75, 3.05) is 39.0 Å². The van der Waals surface area contributed by atoms with E-state index in [1.54, 1.807) is 17.0 Å². The van der Waals surface area contributed by atoms with E-state index in [4.69, 9.17) is 4.74 Å². The highest BCUT2D eigenvalue weighted by atomic mass is 32.2. The summed E-state index contributed by atoms with van der Waals surface area (Å²) in [5.41, 5.74) is 0. The van der Waals surface area contributed by atoms with Crippen LogP contribution in [0.2, 0.25) is 0 Å². The number of ether oxygens (including phenoxy) is 1. The van der Waals surface area contributed by atoms with E-state index in [1.165, 1.54) is 10.6 Å². The lowest BCUT2D eigenvalue weighted by Crippen LogP contribution is -2.45. The second kappa shape index (κ2) is 9.58. The summed E-state index contributed by atoms with van der Waals surface area (Å²) in [7, 11) is -3.18. The minimum absolute atomic E-state index is 0.00377. The Kier molecular flexibility index (Phi) is 7.13. The normalized spacial score (nSPS) is 19.7. The lowest BCUT2D eigenvalue weighted by atomic mass is 9.95. The fourth-order valence-electron chi connectivity index (χ4n) is 3.81. The largest absolute Gasteiger partial charge is 0.415 e. The Balaban J connectivity index is 1.36. The summed E-state index contributed by atoms with van der Waals surface area (Å²) < 4.78 is 29.9. The van der Waals surface area contributed by atoms with Gasteiger partial charge in [0.15, 0.2) is 0 Å². The average molecular weight is 424 g/mol. The summed E-state index contributed by atoms with van der Waals surface area (Å²) in [4.78, 5) is 26.3. The number of piperidine rings is 2. The molecule has 9 heteroatoms. The number of amides is 2. The Bertz CT molecular complexity index is 799. The van der Waals surface area contributed by atoms with E-state index < -0.39 is 10.0 Å². The quantitative estimate of drug-likeness (QED) is 0.777. The molecule has 2 aliphatic heterocycles. The maximum Gasteiger partial charge on any atom is 0.415 e. The number of sulfonamides is 1. The van der Waals surface area contributed by atoms with Crippen LogP contribution in [0.3, 0.4) is 0 Å². The first kappa shape index (κ1) is 21.6. The third kappa shape index (κ3) is 6.17. The van der Waals surface area contributed by atoms with Crippen molar-refractivity contribution in [2.24, 2.45) is 11.8 Å². The number of carbonyl (C=O) groups excluding carboxylic acids is 2. The summed E-state index contributed by atoms with van der Waals surface area (Å²) in [6, 6.07) is 9.01. The lowest BCUT2D eigenvalue weighted by Gasteiger charge is -2.32. The topological polar surface area (TPSA) is 96.0 Å². The van der Waals surface area contributed by atoms with Crippen molar-refractivity contribution >= 4 is 22.0 Å². The predicted molar refractivity (Wildman–Crippen MR) is 109 cm³/mol. The van der Waals surface area contributed by atoms with Gasteiger partial charge >= 0.3 is 6.09 Å². The van der Waals surface area contributed by atoms with Gasteiger partial charge in [-0.2, -0.15) is 0 Å². The summed E-state index contributed by atoms with van der Waals surface area (Å²) in [5, 5.41) is 3.02. The SMILES string of the molecule is CS(=O)(=O)N1CCC(C(=O)NCC2CCN(C(=O)Oc3ccccc3)CC2)CC1. The van der Waals surface area contributed by atoms with Crippen LogP contribution in [0.5, 0.6) is 5.75 Å². The number of para-hydroxylation sites is 1. The van der Waals surface area contributed by atoms with Gasteiger partial charge in [-0.05, 0) is 43.7 Å². The molecule has 2 aliphatic rings. The second-order valence-electron chi connectivity index (χ2n) is 7.79. The van der Waals surface area contributed by atoms with Crippen LogP contribution >= 0.6 is 0 Å². The molecule has 0 unspecified atom stereocenters. The van der Waals surface area contributed by atoms with Crippen LogP contribution in [-0.2, 0) is 14.8 Å². The summed E-state index contributed by atoms with van der Waals surface area (Å²) in [5.74, 6) is 0.739. The standard InChI is InChI=1S/C20H29N3O5S/c1-29(26,27)23-13-9-17(10-14-23)19(24)21-15-16-7-11-22(12-8-16)20(25)28-18-5-3-2-4-6-18/h2-6,16-17H,7-15H2,1H3,(H,21,24). The van der Waals surface area contributed by atoms with E-state index in [2.05, 4.69) is 5.32 Å². The maximum atomic E-state index is 12.4. The van der Waals surface area contributed by atoms with E-state index in [0.717, 1.165) is 12.8 Å². The highest BCUT2D eigenvalue weighted by Crippen LogP contribution is 2.21. The van der Waals surface area contributed by atoms with E-state index in [0.29, 0.717) is 57.2 Å². The zero-order valence-electron chi connectivity index (χ0n) is 16.7. The van der Waals surface area contributed by atoms with Gasteiger partial charge in [-0.3, -0.25) is 4.79 Å². The van der Waals surface area contributed by atoms with Crippen LogP contribution < -0.4 is 10.1 Å². The smallest absolute Gasteiger partial charge is 0.410 e. The molecule has 0 spiro atoms. The van der Waals surface area contributed by atoms with Crippen molar-refractivity contribution in [2.45, 2.75) is 25.7 Å². The van der Waals surface area contributed by atoms with Crippen molar-refractivity contribution in [3.8, 4) is 5.75 Å². The number of benzene rings is 1. The highest BCUT2D eigenvalue weighted by Gasteiger charge is 2.30. The third-order valence-corrected chi connectivity index (χ3v) is 6.98. The summed E-state index contributed by atoms with van der Waals surface area (Å²) in [6.07, 6.45) is 3.62. The number of hydrogen-bond acceptors (Lipinski definition) is 5. The maximum absolute atomic E-state index is 12.4. The summed E-state index contributed by atoms with van der Waals surface area (Å²) >= 11 is 0. The summed E-state index contributed by atoms with van der Waals surface area (Å²) in [6.45, 7) is 2.61. The Morgan fingerprint density at radius 3 is 2.24 bits per heavy atom. The molecule has 0 bridgehead atoms. The van der Waals surface area contributed by atoms with Crippen molar-refractivity contribution in [1.29, 1.82) is 0 Å². The molecule has 0 atom stereocenters. The Hall–Kier alpha value is -2.13. The highest BCUT2D eigenvalue weighted by molar-refractivity contribution is 7.88. The minimum Gasteiger partial charge on any atom is -0.410 e. The predicted octanol–water partition coefficient (Wildman–Crippen LogP) is 1.69. The monoisotopic (exact) mass is 423 g/mol. The lowest BCUT2D eigenvalue weighted by molar-refractivity contribution is -0.126. The molecular weight excluding hydrogens is 394 g/mol. The fraction of sp³-hybridized carbons (Fsp3) is 0.600. The van der Waals surface area contributed by atoms with Crippen LogP contribution in [0.4, 0.5) is 4.79 Å². The molecular formula is C20H29N3O5S. The Morgan fingerprint density at radius 1 is 1.03 bits per heavy atom. The van der Waals surface area contributed by atoms with Crippen LogP contribution in [0, 0.1) is 11.8 Å². The van der Waals surface area contributed by atoms with Crippen molar-refractivity contribution in [3.63, 3.8) is 0 Å². The van der Waals surface area contributed by atoms with E-state index in [1.807, 2.05) is 18.2 Å². The first-order valence-electron chi connectivity index (χ1n) is 10.1. The van der Waals surface area contributed by atoms with Gasteiger partial charge in [0, 0.05) is 38.6 Å². The Morgan fingerprint density at radius 2 is 1.66 bits per heavy atom. The molecule has 0 saturated carbocycles. The molecule has 2 heterocycles. The van der Waals surface area contributed by atoms with Gasteiger partial charge in [0.1, 0.15) is 5.75 Å². The van der Waals surface area contributed by atoms with Crippen molar-refractivity contribution in [3.05, 3.63) is 30.3 Å². The van der Waals surface area contributed by atoms with Crippen LogP contribution in [0.25, 0.3) is 0 Å². The molecule has 2 amide bonds. The van der Waals surface area contributed by atoms with Crippen molar-refractivity contribution in [1.82, 2.24) is 14.5 Å². The molecule has 29 heavy (non-hydrogen) atoms. The zero-order chi connectivity index (χ0) is 20.9. The van der Waals surface area contributed by atoms with Crippen molar-refractivity contribution < 1.29 is 22.7 Å². The number of nitrogens with one attached hydrogen (secondary N) is 1. The first-order chi connectivity index (χ1) is 13.8. The minimum atomic E-state index is -3.18. The van der Waals surface area contributed by atoms with Gasteiger partial charge in [-0.25, -0.2) is 17.5 Å². The fourth-order valence-corrected chi connectivity index (χ4v) is 4.69. The third-order valence-electron chi connectivity index (χ3n) is 5.68. The number of carbonyl (C=O) groups is 2. The van der Waals surface area contributed by atoms with Gasteiger partial charge in [-0.1, -0.05) is 18.2 Å². The van der Waals surface area contributed by atoms with Gasteiger partial charge < -0.3 is 15.0 Å². The molecule has 160 valence electrons. The van der Waals surface area contributed by atoms with Gasteiger partial charge in [0.25, 0.3) is 0 Å². The number of hydrogen-bond donors (Lipinski definition) is 1. The molecule has 2 saturated heterocycles. The first-order valence-corrected chi connectivity index (χ1v) is 11.9. The van der Waals surface area contributed by atoms with E-state index >= 15 is 0 Å². The van der Waals surface area contributed by atoms with Crippen LogP contribution in [0.1, 0.15) is 25.7 Å². The Labute approximate surface area is 172 Å². The zero-order valence-corrected chi connectivity index (χ0v) is 17.6. The molecule has 0 aromatic heterocycles.